The van der Waals surface area contributed by atoms with Gasteiger partial charge in [-0.1, -0.05) is 18.7 Å². The van der Waals surface area contributed by atoms with Crippen molar-refractivity contribution in [2.24, 2.45) is 5.92 Å². The summed E-state index contributed by atoms with van der Waals surface area (Å²) in [6, 6.07) is 0. The van der Waals surface area contributed by atoms with Crippen molar-refractivity contribution in [3.63, 3.8) is 0 Å². The van der Waals surface area contributed by atoms with Gasteiger partial charge in [0.1, 0.15) is 6.61 Å². The van der Waals surface area contributed by atoms with Crippen LogP contribution in [0.2, 0.25) is 0 Å². The average Bonchev–Trinajstić information content (AvgIpc) is 2.13. The molecule has 0 heterocycles. The van der Waals surface area contributed by atoms with Gasteiger partial charge in [-0.3, -0.25) is 9.59 Å². The lowest BCUT2D eigenvalue weighted by Crippen LogP contribution is -2.22. The summed E-state index contributed by atoms with van der Waals surface area (Å²) in [4.78, 5) is 32.1. The second-order valence-corrected chi connectivity index (χ2v) is 3.85. The highest BCUT2D eigenvalue weighted by Gasteiger charge is 2.18. The van der Waals surface area contributed by atoms with Gasteiger partial charge in [-0.2, -0.15) is 0 Å². The molecule has 0 bridgehead atoms. The first-order valence-electron chi connectivity index (χ1n) is 3.96. The second-order valence-electron chi connectivity index (χ2n) is 2.65. The van der Waals surface area contributed by atoms with Crippen molar-refractivity contribution >= 4 is 28.8 Å². The Morgan fingerprint density at radius 2 is 2.00 bits per heavy atom. The molecule has 1 atom stereocenters. The Kier molecular flexibility index (Phi) is 6.14. The Morgan fingerprint density at radius 1 is 1.43 bits per heavy atom. The number of carbonyl (C=O) groups is 3. The highest BCUT2D eigenvalue weighted by molar-refractivity contribution is 8.13. The van der Waals surface area contributed by atoms with Gasteiger partial charge in [-0.05, 0) is 0 Å². The van der Waals surface area contributed by atoms with Crippen LogP contribution in [0.3, 0.4) is 0 Å². The lowest BCUT2D eigenvalue weighted by molar-refractivity contribution is -0.163. The Labute approximate surface area is 85.8 Å². The summed E-state index contributed by atoms with van der Waals surface area (Å²) in [6.45, 7) is 2.11. The third-order valence-corrected chi connectivity index (χ3v) is 2.36. The van der Waals surface area contributed by atoms with Crippen molar-refractivity contribution in [3.8, 4) is 0 Å². The van der Waals surface area contributed by atoms with E-state index in [0.29, 0.717) is 0 Å². The fourth-order valence-corrected chi connectivity index (χ4v) is 1.18. The fourth-order valence-electron chi connectivity index (χ4n) is 0.555. The zero-order chi connectivity index (χ0) is 11.1. The van der Waals surface area contributed by atoms with E-state index in [1.54, 1.807) is 6.92 Å². The highest BCUT2D eigenvalue weighted by atomic mass is 32.2. The zero-order valence-electron chi connectivity index (χ0n) is 7.98. The van der Waals surface area contributed by atoms with Crippen LogP contribution in [-0.2, 0) is 19.1 Å². The first-order chi connectivity index (χ1) is 6.47. The lowest BCUT2D eigenvalue weighted by Gasteiger charge is -2.07. The minimum Gasteiger partial charge on any atom is -0.391 e. The molecule has 1 N–H and O–H groups in total. The van der Waals surface area contributed by atoms with E-state index >= 15 is 0 Å². The molecule has 0 aromatic heterocycles. The first-order valence-corrected chi connectivity index (χ1v) is 4.94. The summed E-state index contributed by atoms with van der Waals surface area (Å²) in [5.41, 5.74) is 0. The summed E-state index contributed by atoms with van der Waals surface area (Å²) in [7, 11) is 0. The van der Waals surface area contributed by atoms with E-state index in [4.69, 9.17) is 5.11 Å². The number of aliphatic hydroxyl groups is 1. The van der Waals surface area contributed by atoms with Crippen molar-refractivity contribution in [1.82, 2.24) is 0 Å². The van der Waals surface area contributed by atoms with Gasteiger partial charge in [0.25, 0.3) is 0 Å². The van der Waals surface area contributed by atoms with Gasteiger partial charge < -0.3 is 9.84 Å². The lowest BCUT2D eigenvalue weighted by atomic mass is 10.2. The maximum Gasteiger partial charge on any atom is 0.339 e. The number of aliphatic hydroxyl groups excluding tert-OH is 1. The highest BCUT2D eigenvalue weighted by Crippen LogP contribution is 2.10. The minimum atomic E-state index is -0.977. The largest absolute Gasteiger partial charge is 0.391 e. The SMILES string of the molecule is CC(=O)SCC(C)C(=O)OC(=O)CO. The Balaban J connectivity index is 3.87. The van der Waals surface area contributed by atoms with Gasteiger partial charge in [-0.15, -0.1) is 0 Å². The van der Waals surface area contributed by atoms with Crippen LogP contribution < -0.4 is 0 Å². The van der Waals surface area contributed by atoms with Gasteiger partial charge in [0, 0.05) is 12.7 Å². The van der Waals surface area contributed by atoms with E-state index in [1.165, 1.54) is 6.92 Å². The molecule has 0 radical (unpaired) electrons. The molecule has 0 aliphatic carbocycles. The average molecular weight is 220 g/mol. The third kappa shape index (κ3) is 5.71. The van der Waals surface area contributed by atoms with Crippen molar-refractivity contribution in [3.05, 3.63) is 0 Å². The van der Waals surface area contributed by atoms with Crippen LogP contribution in [0.4, 0.5) is 0 Å². The molecule has 6 heteroatoms. The second kappa shape index (κ2) is 6.56. The topological polar surface area (TPSA) is 80.7 Å². The van der Waals surface area contributed by atoms with Crippen LogP contribution in [0.25, 0.3) is 0 Å². The summed E-state index contributed by atoms with van der Waals surface area (Å²) in [5.74, 6) is -1.97. The smallest absolute Gasteiger partial charge is 0.339 e. The van der Waals surface area contributed by atoms with Crippen molar-refractivity contribution in [1.29, 1.82) is 0 Å². The molecule has 0 aromatic carbocycles. The summed E-state index contributed by atoms with van der Waals surface area (Å²) in [5, 5.41) is 8.20. The molecular weight excluding hydrogens is 208 g/mol. The quantitative estimate of drug-likeness (QED) is 0.529. The van der Waals surface area contributed by atoms with Crippen LogP contribution in [0.1, 0.15) is 13.8 Å². The van der Waals surface area contributed by atoms with Crippen molar-refractivity contribution in [2.75, 3.05) is 12.4 Å². The molecule has 5 nitrogen and oxygen atoms in total. The molecule has 1 unspecified atom stereocenters. The van der Waals surface area contributed by atoms with Gasteiger partial charge in [-0.25, -0.2) is 4.79 Å². The van der Waals surface area contributed by atoms with Crippen LogP contribution in [0.5, 0.6) is 0 Å². The summed E-state index contributed by atoms with van der Waals surface area (Å²) >= 11 is 0.989. The summed E-state index contributed by atoms with van der Waals surface area (Å²) < 4.78 is 4.24. The molecule has 0 aliphatic rings. The van der Waals surface area contributed by atoms with Crippen LogP contribution in [-0.4, -0.2) is 34.5 Å². The van der Waals surface area contributed by atoms with Crippen molar-refractivity contribution in [2.45, 2.75) is 13.8 Å². The molecule has 0 saturated heterocycles. The zero-order valence-corrected chi connectivity index (χ0v) is 8.80. The number of esters is 2. The van der Waals surface area contributed by atoms with E-state index < -0.39 is 24.5 Å². The maximum atomic E-state index is 11.0. The molecular formula is C8H12O5S. The van der Waals surface area contributed by atoms with Crippen LogP contribution >= 0.6 is 11.8 Å². The van der Waals surface area contributed by atoms with E-state index in [0.717, 1.165) is 11.8 Å². The van der Waals surface area contributed by atoms with Gasteiger partial charge >= 0.3 is 11.9 Å². The van der Waals surface area contributed by atoms with E-state index in [-0.39, 0.29) is 10.9 Å². The molecule has 80 valence electrons. The van der Waals surface area contributed by atoms with Gasteiger partial charge in [0.05, 0.1) is 5.92 Å². The number of ether oxygens (including phenoxy) is 1. The monoisotopic (exact) mass is 220 g/mol. The first kappa shape index (κ1) is 13.1. The number of hydrogen-bond donors (Lipinski definition) is 1. The number of rotatable bonds is 4. The minimum absolute atomic E-state index is 0.0989. The normalized spacial score (nSPS) is 11.9. The fraction of sp³-hybridized carbons (Fsp3) is 0.625. The third-order valence-electron chi connectivity index (χ3n) is 1.28. The Bertz CT molecular complexity index is 238. The summed E-state index contributed by atoms with van der Waals surface area (Å²) in [6.07, 6.45) is 0. The van der Waals surface area contributed by atoms with Gasteiger partial charge in [0.2, 0.25) is 0 Å². The Morgan fingerprint density at radius 3 is 2.43 bits per heavy atom. The van der Waals surface area contributed by atoms with E-state index in [2.05, 4.69) is 4.74 Å². The molecule has 0 saturated carbocycles. The number of carbonyl (C=O) groups excluding carboxylic acids is 3. The maximum absolute atomic E-state index is 11.0. The molecule has 0 aliphatic heterocycles. The van der Waals surface area contributed by atoms with Crippen molar-refractivity contribution < 1.29 is 24.2 Å². The number of thioether (sulfide) groups is 1. The standard InChI is InChI=1S/C8H12O5S/c1-5(4-14-6(2)10)8(12)13-7(11)3-9/h5,9H,3-4H2,1-2H3. The number of hydrogen-bond acceptors (Lipinski definition) is 6. The van der Waals surface area contributed by atoms with E-state index in [9.17, 15) is 14.4 Å². The Hall–Kier alpha value is -0.880. The van der Waals surface area contributed by atoms with Crippen LogP contribution in [0.15, 0.2) is 0 Å². The predicted molar refractivity (Wildman–Crippen MR) is 50.5 cm³/mol. The predicted octanol–water partition coefficient (Wildman–Crippen LogP) is -0.0357. The molecule has 0 spiro atoms. The molecule has 0 fully saturated rings. The molecule has 0 aromatic rings. The molecule has 0 amide bonds. The van der Waals surface area contributed by atoms with E-state index in [1.807, 2.05) is 0 Å². The van der Waals surface area contributed by atoms with Crippen LogP contribution in [0, 0.1) is 5.92 Å². The van der Waals surface area contributed by atoms with Gasteiger partial charge in [0.15, 0.2) is 5.12 Å². The molecule has 14 heavy (non-hydrogen) atoms. The molecule has 0 rings (SSSR count).